The van der Waals surface area contributed by atoms with Gasteiger partial charge in [0.15, 0.2) is 5.96 Å². The van der Waals surface area contributed by atoms with E-state index in [0.29, 0.717) is 38.1 Å². The van der Waals surface area contributed by atoms with Crippen LogP contribution in [0.4, 0.5) is 0 Å². The standard InChI is InChI=1S/C20H32N4O3S2.HI/c1-3-19-15-23(10-13-28-19)20(21-2)22-14-17-6-4-5-7-18(17)16-29(25,26)24-8-11-27-12-9-24;/h4-7,19H,3,8-16H2,1-2H3,(H,21,22);1H. The monoisotopic (exact) mass is 568 g/mol. The molecule has 1 unspecified atom stereocenters. The van der Waals surface area contributed by atoms with Crippen molar-refractivity contribution in [3.63, 3.8) is 0 Å². The summed E-state index contributed by atoms with van der Waals surface area (Å²) in [5, 5.41) is 4.08. The van der Waals surface area contributed by atoms with Gasteiger partial charge < -0.3 is 15.0 Å². The number of guanidine groups is 1. The van der Waals surface area contributed by atoms with Gasteiger partial charge in [0.25, 0.3) is 0 Å². The van der Waals surface area contributed by atoms with Crippen LogP contribution in [-0.2, 0) is 27.1 Å². The van der Waals surface area contributed by atoms with Crippen molar-refractivity contribution in [2.75, 3.05) is 52.2 Å². The average molecular weight is 569 g/mol. The first-order chi connectivity index (χ1) is 14.0. The Bertz CT molecular complexity index is 801. The van der Waals surface area contributed by atoms with Crippen molar-refractivity contribution in [2.24, 2.45) is 4.99 Å². The molecule has 0 aromatic heterocycles. The number of thioether (sulfide) groups is 1. The number of hydrogen-bond acceptors (Lipinski definition) is 5. The van der Waals surface area contributed by atoms with E-state index in [0.717, 1.165) is 42.3 Å². The fraction of sp³-hybridized carbons (Fsp3) is 0.650. The van der Waals surface area contributed by atoms with E-state index in [2.05, 4.69) is 22.1 Å². The highest BCUT2D eigenvalue weighted by Gasteiger charge is 2.26. The highest BCUT2D eigenvalue weighted by molar-refractivity contribution is 14.0. The Hall–Kier alpha value is -0.560. The van der Waals surface area contributed by atoms with Crippen LogP contribution >= 0.6 is 35.7 Å². The first-order valence-electron chi connectivity index (χ1n) is 10.2. The van der Waals surface area contributed by atoms with Crippen LogP contribution in [0.2, 0.25) is 0 Å². The van der Waals surface area contributed by atoms with Gasteiger partial charge in [-0.3, -0.25) is 4.99 Å². The van der Waals surface area contributed by atoms with Crippen LogP contribution in [0.1, 0.15) is 24.5 Å². The lowest BCUT2D eigenvalue weighted by atomic mass is 10.1. The molecule has 2 fully saturated rings. The molecule has 0 spiro atoms. The molecule has 30 heavy (non-hydrogen) atoms. The molecule has 0 aliphatic carbocycles. The van der Waals surface area contributed by atoms with E-state index in [1.165, 1.54) is 4.31 Å². The summed E-state index contributed by atoms with van der Waals surface area (Å²) < 4.78 is 32.5. The van der Waals surface area contributed by atoms with Crippen molar-refractivity contribution in [2.45, 2.75) is 30.9 Å². The third-order valence-corrected chi connectivity index (χ3v) is 8.56. The highest BCUT2D eigenvalue weighted by atomic mass is 127. The van der Waals surface area contributed by atoms with Gasteiger partial charge >= 0.3 is 0 Å². The summed E-state index contributed by atoms with van der Waals surface area (Å²) in [6.45, 7) is 6.55. The Morgan fingerprint density at radius 3 is 2.60 bits per heavy atom. The third-order valence-electron chi connectivity index (χ3n) is 5.36. The zero-order chi connectivity index (χ0) is 20.7. The Morgan fingerprint density at radius 1 is 1.23 bits per heavy atom. The molecule has 170 valence electrons. The van der Waals surface area contributed by atoms with Crippen LogP contribution in [-0.4, -0.2) is 81.0 Å². The van der Waals surface area contributed by atoms with Gasteiger partial charge in [-0.15, -0.1) is 24.0 Å². The second-order valence-corrected chi connectivity index (χ2v) is 10.7. The van der Waals surface area contributed by atoms with Crippen molar-refractivity contribution >= 4 is 51.7 Å². The third kappa shape index (κ3) is 6.98. The molecule has 3 rings (SSSR count). The SMILES string of the molecule is CCC1CN(C(=NC)NCc2ccccc2CS(=O)(=O)N2CCOCC2)CCS1.I. The van der Waals surface area contributed by atoms with Crippen LogP contribution in [0.15, 0.2) is 29.3 Å². The van der Waals surface area contributed by atoms with Crippen molar-refractivity contribution in [1.82, 2.24) is 14.5 Å². The molecule has 2 aliphatic heterocycles. The van der Waals surface area contributed by atoms with E-state index in [-0.39, 0.29) is 29.7 Å². The van der Waals surface area contributed by atoms with E-state index in [1.54, 1.807) is 7.05 Å². The van der Waals surface area contributed by atoms with Crippen LogP contribution in [0.25, 0.3) is 0 Å². The number of rotatable bonds is 6. The molecule has 0 saturated carbocycles. The van der Waals surface area contributed by atoms with Gasteiger partial charge in [0.2, 0.25) is 10.0 Å². The molecule has 2 heterocycles. The summed E-state index contributed by atoms with van der Waals surface area (Å²) in [5.74, 6) is 2.00. The second-order valence-electron chi connectivity index (χ2n) is 7.28. The van der Waals surface area contributed by atoms with Gasteiger partial charge in [-0.05, 0) is 17.5 Å². The summed E-state index contributed by atoms with van der Waals surface area (Å²) in [7, 11) is -1.55. The Morgan fingerprint density at radius 2 is 1.93 bits per heavy atom. The normalized spacial score (nSPS) is 21.2. The molecule has 1 N–H and O–H groups in total. The maximum Gasteiger partial charge on any atom is 0.218 e. The van der Waals surface area contributed by atoms with Crippen LogP contribution in [0, 0.1) is 0 Å². The minimum absolute atomic E-state index is 0. The molecular formula is C20H33IN4O3S2. The van der Waals surface area contributed by atoms with Gasteiger partial charge in [-0.2, -0.15) is 16.1 Å². The number of halogens is 1. The van der Waals surface area contributed by atoms with Gasteiger partial charge in [-0.1, -0.05) is 31.2 Å². The predicted molar refractivity (Wildman–Crippen MR) is 135 cm³/mol. The predicted octanol–water partition coefficient (Wildman–Crippen LogP) is 2.37. The van der Waals surface area contributed by atoms with Crippen LogP contribution in [0.3, 0.4) is 0 Å². The first-order valence-corrected chi connectivity index (χ1v) is 12.9. The molecule has 1 atom stereocenters. The lowest BCUT2D eigenvalue weighted by Gasteiger charge is -2.34. The molecular weight excluding hydrogens is 535 g/mol. The summed E-state index contributed by atoms with van der Waals surface area (Å²) in [6.07, 6.45) is 1.15. The minimum atomic E-state index is -3.35. The summed E-state index contributed by atoms with van der Waals surface area (Å²) >= 11 is 2.03. The minimum Gasteiger partial charge on any atom is -0.379 e. The Balaban J connectivity index is 0.00000320. The molecule has 2 aliphatic rings. The van der Waals surface area contributed by atoms with E-state index >= 15 is 0 Å². The second kappa shape index (κ2) is 12.5. The van der Waals surface area contributed by atoms with E-state index in [9.17, 15) is 8.42 Å². The highest BCUT2D eigenvalue weighted by Crippen LogP contribution is 2.21. The van der Waals surface area contributed by atoms with Gasteiger partial charge in [0, 0.05) is 50.8 Å². The molecule has 10 heteroatoms. The molecule has 0 radical (unpaired) electrons. The maximum absolute atomic E-state index is 12.8. The van der Waals surface area contributed by atoms with Gasteiger partial charge in [-0.25, -0.2) is 8.42 Å². The average Bonchev–Trinajstić information content (AvgIpc) is 2.76. The van der Waals surface area contributed by atoms with Crippen molar-refractivity contribution < 1.29 is 13.2 Å². The fourth-order valence-corrected chi connectivity index (χ4v) is 6.39. The Kier molecular flexibility index (Phi) is 10.7. The van der Waals surface area contributed by atoms with E-state index < -0.39 is 10.0 Å². The summed E-state index contributed by atoms with van der Waals surface area (Å²) in [4.78, 5) is 6.76. The molecule has 7 nitrogen and oxygen atoms in total. The zero-order valence-corrected chi connectivity index (χ0v) is 21.7. The number of morpholine rings is 1. The van der Waals surface area contributed by atoms with Crippen molar-refractivity contribution in [3.8, 4) is 0 Å². The number of nitrogens with one attached hydrogen (secondary N) is 1. The molecule has 0 amide bonds. The number of benzene rings is 1. The van der Waals surface area contributed by atoms with Crippen molar-refractivity contribution in [1.29, 1.82) is 0 Å². The number of nitrogens with zero attached hydrogens (tertiary/aromatic N) is 3. The lowest BCUT2D eigenvalue weighted by molar-refractivity contribution is 0.0729. The smallest absolute Gasteiger partial charge is 0.218 e. The van der Waals surface area contributed by atoms with E-state index in [1.807, 2.05) is 36.0 Å². The topological polar surface area (TPSA) is 74.2 Å². The molecule has 2 saturated heterocycles. The lowest BCUT2D eigenvalue weighted by Crippen LogP contribution is -2.47. The Labute approximate surface area is 202 Å². The quantitative estimate of drug-likeness (QED) is 0.323. The number of sulfonamides is 1. The number of hydrogen-bond donors (Lipinski definition) is 1. The van der Waals surface area contributed by atoms with Gasteiger partial charge in [0.05, 0.1) is 19.0 Å². The number of ether oxygens (including phenoxy) is 1. The van der Waals surface area contributed by atoms with Crippen LogP contribution < -0.4 is 5.32 Å². The van der Waals surface area contributed by atoms with E-state index in [4.69, 9.17) is 4.74 Å². The van der Waals surface area contributed by atoms with Gasteiger partial charge in [0.1, 0.15) is 0 Å². The zero-order valence-electron chi connectivity index (χ0n) is 17.7. The molecule has 0 bridgehead atoms. The maximum atomic E-state index is 12.8. The first kappa shape index (κ1) is 25.7. The van der Waals surface area contributed by atoms with Crippen LogP contribution in [0.5, 0.6) is 0 Å². The summed E-state index contributed by atoms with van der Waals surface area (Å²) in [6, 6.07) is 7.75. The fourth-order valence-electron chi connectivity index (χ4n) is 3.65. The number of aliphatic imine (C=N–C) groups is 1. The molecule has 1 aromatic carbocycles. The largest absolute Gasteiger partial charge is 0.379 e. The van der Waals surface area contributed by atoms with Crippen molar-refractivity contribution in [3.05, 3.63) is 35.4 Å². The molecule has 1 aromatic rings. The summed E-state index contributed by atoms with van der Waals surface area (Å²) in [5.41, 5.74) is 1.83.